The van der Waals surface area contributed by atoms with Crippen LogP contribution in [0.3, 0.4) is 0 Å². The lowest BCUT2D eigenvalue weighted by Gasteiger charge is -2.46. The van der Waals surface area contributed by atoms with Crippen LogP contribution in [0.25, 0.3) is 42.4 Å². The van der Waals surface area contributed by atoms with E-state index in [1.807, 2.05) is 11.3 Å². The minimum absolute atomic E-state index is 0.0132. The molecular weight excluding hydrogens is 962 g/mol. The molecule has 0 saturated carbocycles. The van der Waals surface area contributed by atoms with Crippen molar-refractivity contribution in [3.05, 3.63) is 229 Å². The number of hydrogen-bond acceptors (Lipinski definition) is 6. The van der Waals surface area contributed by atoms with E-state index in [1.54, 1.807) is 11.8 Å². The molecule has 1 aromatic heterocycles. The van der Waals surface area contributed by atoms with E-state index >= 15 is 0 Å². The van der Waals surface area contributed by atoms with E-state index in [0.717, 1.165) is 66.7 Å². The summed E-state index contributed by atoms with van der Waals surface area (Å²) in [5.41, 5.74) is 20.2. The number of fused-ring (bicyclic) bond motifs is 10. The first-order valence-corrected chi connectivity index (χ1v) is 28.1. The van der Waals surface area contributed by atoms with Crippen molar-refractivity contribution >= 4 is 107 Å². The predicted octanol–water partition coefficient (Wildman–Crippen LogP) is 19.1. The van der Waals surface area contributed by atoms with Crippen molar-refractivity contribution in [3.8, 4) is 33.8 Å². The number of para-hydroxylation sites is 2. The van der Waals surface area contributed by atoms with Crippen molar-refractivity contribution in [2.24, 2.45) is 0 Å². The quantitative estimate of drug-likeness (QED) is 0.154. The van der Waals surface area contributed by atoms with Gasteiger partial charge in [-0.05, 0) is 154 Å². The fourth-order valence-corrected chi connectivity index (χ4v) is 14.1. The fourth-order valence-electron chi connectivity index (χ4n) is 11.8. The first-order valence-electron chi connectivity index (χ1n) is 26.4. The van der Waals surface area contributed by atoms with Crippen LogP contribution < -0.4 is 30.3 Å². The molecule has 0 spiro atoms. The fraction of sp³-hybridized carbons (Fsp3) is 0.130. The highest BCUT2D eigenvalue weighted by Crippen LogP contribution is 2.57. The molecule has 0 bridgehead atoms. The lowest BCUT2D eigenvalue weighted by Crippen LogP contribution is -2.61. The average Bonchev–Trinajstić information content (AvgIpc) is 4.00. The lowest BCUT2D eigenvalue weighted by molar-refractivity contribution is 0.455. The molecule has 10 aromatic carbocycles. The van der Waals surface area contributed by atoms with Crippen LogP contribution in [0.4, 0.5) is 45.5 Å². The Morgan fingerprint density at radius 3 is 1.88 bits per heavy atom. The molecule has 76 heavy (non-hydrogen) atoms. The van der Waals surface area contributed by atoms with Crippen LogP contribution in [0.1, 0.15) is 58.2 Å². The van der Waals surface area contributed by atoms with Gasteiger partial charge in [-0.1, -0.05) is 169 Å². The molecule has 7 heteroatoms. The van der Waals surface area contributed by atoms with E-state index in [-0.39, 0.29) is 17.7 Å². The molecule has 0 radical (unpaired) electrons. The number of rotatable bonds is 6. The highest BCUT2D eigenvalue weighted by Gasteiger charge is 2.47. The SMILES string of the molecule is Cc1ccccc1N1c2ccc(N(c3ccc(C(C)(C)C)cc3)c3ccc(C(C)(C)C)cc3)cc2B2c3c1cc1c(sc4ccccc41)c3-c1cc3c(cc1N2c1cccc(-c2ccccc2)c1)Sc1ccccc1O3. The maximum Gasteiger partial charge on any atom is 0.333 e. The van der Waals surface area contributed by atoms with Gasteiger partial charge in [-0.15, -0.1) is 11.3 Å². The molecule has 3 aliphatic rings. The van der Waals surface area contributed by atoms with Crippen LogP contribution in [0, 0.1) is 6.92 Å². The van der Waals surface area contributed by atoms with Crippen molar-refractivity contribution < 1.29 is 4.74 Å². The standard InChI is InChI=1S/C69H56BN3OS2/c1-43-18-11-13-24-56(43)72-57-37-36-50(71(48-32-28-46(29-33-48)68(2,3)4)49-34-30-47(31-35-49)69(5,6)7)39-55(57)70-66-59(72)40-53-52-23-12-15-26-62(52)76-67(53)65(66)54-41-61-64(75-63-27-16-14-25-60(63)74-61)42-58(54)73(70)51-22-17-21-45(38-51)44-19-9-8-10-20-44/h8-42H,1-7H3. The van der Waals surface area contributed by atoms with Crippen molar-refractivity contribution in [1.82, 2.24) is 0 Å². The summed E-state index contributed by atoms with van der Waals surface area (Å²) in [5, 5.41) is 2.53. The average molecular weight is 1020 g/mol. The van der Waals surface area contributed by atoms with Crippen LogP contribution in [0.5, 0.6) is 11.5 Å². The summed E-state index contributed by atoms with van der Waals surface area (Å²) in [6.45, 7) is 15.7. The van der Waals surface area contributed by atoms with Gasteiger partial charge in [-0.3, -0.25) is 0 Å². The molecule has 11 aromatic rings. The highest BCUT2D eigenvalue weighted by molar-refractivity contribution is 7.99. The summed E-state index contributed by atoms with van der Waals surface area (Å²) >= 11 is 3.70. The van der Waals surface area contributed by atoms with Crippen LogP contribution in [0.15, 0.2) is 222 Å². The maximum absolute atomic E-state index is 6.93. The van der Waals surface area contributed by atoms with Gasteiger partial charge in [0.05, 0.1) is 9.79 Å². The number of benzene rings is 10. The van der Waals surface area contributed by atoms with E-state index in [1.165, 1.54) is 70.2 Å². The molecule has 368 valence electrons. The molecule has 0 atom stereocenters. The zero-order valence-corrected chi connectivity index (χ0v) is 45.5. The Balaban J connectivity index is 1.10. The van der Waals surface area contributed by atoms with Gasteiger partial charge in [0.25, 0.3) is 0 Å². The highest BCUT2D eigenvalue weighted by atomic mass is 32.2. The minimum Gasteiger partial charge on any atom is -0.455 e. The van der Waals surface area contributed by atoms with Gasteiger partial charge in [0.2, 0.25) is 0 Å². The molecular formula is C69H56BN3OS2. The summed E-state index contributed by atoms with van der Waals surface area (Å²) < 4.78 is 9.50. The summed E-state index contributed by atoms with van der Waals surface area (Å²) in [5.74, 6) is 1.77. The van der Waals surface area contributed by atoms with Gasteiger partial charge in [0, 0.05) is 76.8 Å². The second-order valence-corrected chi connectivity index (χ2v) is 24.7. The zero-order chi connectivity index (χ0) is 51.6. The van der Waals surface area contributed by atoms with Crippen molar-refractivity contribution in [2.75, 3.05) is 14.6 Å². The van der Waals surface area contributed by atoms with Crippen molar-refractivity contribution in [2.45, 2.75) is 69.1 Å². The van der Waals surface area contributed by atoms with E-state index < -0.39 is 0 Å². The van der Waals surface area contributed by atoms with Crippen molar-refractivity contribution in [3.63, 3.8) is 0 Å². The number of ether oxygens (including phenoxy) is 1. The van der Waals surface area contributed by atoms with Gasteiger partial charge >= 0.3 is 6.85 Å². The smallest absolute Gasteiger partial charge is 0.333 e. The Kier molecular flexibility index (Phi) is 10.8. The molecule has 14 rings (SSSR count). The topological polar surface area (TPSA) is 19.0 Å². The number of aryl methyl sites for hydroxylation is 1. The normalized spacial score (nSPS) is 13.4. The molecule has 3 aliphatic heterocycles. The van der Waals surface area contributed by atoms with Crippen LogP contribution in [-0.2, 0) is 10.8 Å². The zero-order valence-electron chi connectivity index (χ0n) is 43.9. The van der Waals surface area contributed by atoms with Crippen LogP contribution in [0.2, 0.25) is 0 Å². The Morgan fingerprint density at radius 2 is 1.14 bits per heavy atom. The maximum atomic E-state index is 6.93. The van der Waals surface area contributed by atoms with E-state index in [4.69, 9.17) is 4.74 Å². The predicted molar refractivity (Wildman–Crippen MR) is 326 cm³/mol. The number of anilines is 8. The molecule has 0 fully saturated rings. The van der Waals surface area contributed by atoms with Gasteiger partial charge in [0.15, 0.2) is 0 Å². The third kappa shape index (κ3) is 7.57. The molecule has 4 heterocycles. The summed E-state index contributed by atoms with van der Waals surface area (Å²) in [7, 11) is 0. The van der Waals surface area contributed by atoms with Gasteiger partial charge in [-0.25, -0.2) is 0 Å². The van der Waals surface area contributed by atoms with Gasteiger partial charge < -0.3 is 19.3 Å². The Bertz CT molecular complexity index is 4060. The largest absolute Gasteiger partial charge is 0.455 e. The first kappa shape index (κ1) is 46.6. The number of nitrogens with zero attached hydrogens (tertiary/aromatic N) is 3. The second-order valence-electron chi connectivity index (χ2n) is 22.6. The molecule has 4 nitrogen and oxygen atoms in total. The number of hydrogen-bond donors (Lipinski definition) is 0. The summed E-state index contributed by atoms with van der Waals surface area (Å²) in [6, 6.07) is 79.3. The molecule has 0 saturated heterocycles. The Labute approximate surface area is 455 Å². The minimum atomic E-state index is -0.249. The monoisotopic (exact) mass is 1020 g/mol. The van der Waals surface area contributed by atoms with E-state index in [0.29, 0.717) is 0 Å². The first-order chi connectivity index (χ1) is 36.9. The third-order valence-electron chi connectivity index (χ3n) is 15.7. The summed E-state index contributed by atoms with van der Waals surface area (Å²) in [4.78, 5) is 9.91. The Morgan fingerprint density at radius 1 is 0.487 bits per heavy atom. The van der Waals surface area contributed by atoms with Crippen LogP contribution >= 0.6 is 23.1 Å². The third-order valence-corrected chi connectivity index (χ3v) is 18.0. The van der Waals surface area contributed by atoms with Crippen molar-refractivity contribution in [1.29, 1.82) is 0 Å². The second kappa shape index (κ2) is 17.6. The lowest BCUT2D eigenvalue weighted by atomic mass is 9.43. The molecule has 0 unspecified atom stereocenters. The van der Waals surface area contributed by atoms with E-state index in [9.17, 15) is 0 Å². The van der Waals surface area contributed by atoms with Crippen LogP contribution in [-0.4, -0.2) is 6.85 Å². The van der Waals surface area contributed by atoms with Gasteiger partial charge in [-0.2, -0.15) is 0 Å². The Hall–Kier alpha value is -7.97. The van der Waals surface area contributed by atoms with Gasteiger partial charge in [0.1, 0.15) is 11.5 Å². The molecule has 0 amide bonds. The summed E-state index contributed by atoms with van der Waals surface area (Å²) in [6.07, 6.45) is 0. The van der Waals surface area contributed by atoms with E-state index in [2.05, 4.69) is 275 Å². The molecule has 0 N–H and O–H groups in total. The number of thiophene rings is 1. The molecule has 0 aliphatic carbocycles.